The molecule has 0 fully saturated rings. The highest BCUT2D eigenvalue weighted by Crippen LogP contribution is 2.28. The van der Waals surface area contributed by atoms with Crippen LogP contribution in [0.4, 0.5) is 0 Å². The van der Waals surface area contributed by atoms with Crippen LogP contribution in [0, 0.1) is 0 Å². The van der Waals surface area contributed by atoms with Crippen molar-refractivity contribution in [2.24, 2.45) is 0 Å². The van der Waals surface area contributed by atoms with Crippen molar-refractivity contribution in [2.75, 3.05) is 0 Å². The summed E-state index contributed by atoms with van der Waals surface area (Å²) in [5.74, 6) is 0. The topological polar surface area (TPSA) is 26.3 Å². The van der Waals surface area contributed by atoms with Crippen LogP contribution in [0.1, 0.15) is 28.3 Å². The first-order valence-corrected chi connectivity index (χ1v) is 5.88. The zero-order chi connectivity index (χ0) is 11.4. The maximum atomic E-state index is 10.5. The quantitative estimate of drug-likeness (QED) is 0.751. The Morgan fingerprint density at radius 1 is 1.19 bits per heavy atom. The smallest absolute Gasteiger partial charge is 0.175 e. The number of carbonyl (C=O) groups is 1. The molecule has 0 aliphatic heterocycles. The first-order chi connectivity index (χ1) is 7.79. The molecule has 2 aromatic rings. The Balaban J connectivity index is 2.07. The molecule has 0 radical (unpaired) electrons. The molecule has 1 aromatic heterocycles. The average molecular weight is 232 g/mol. The minimum Gasteiger partial charge on any atom is -0.476 e. The lowest BCUT2D eigenvalue weighted by molar-refractivity contribution is 0.112. The van der Waals surface area contributed by atoms with E-state index in [1.54, 1.807) is 6.07 Å². The Hall–Kier alpha value is -1.61. The molecule has 0 amide bonds. The summed E-state index contributed by atoms with van der Waals surface area (Å²) in [5.41, 5.74) is 1.13. The predicted molar refractivity (Wildman–Crippen MR) is 65.2 cm³/mol. The van der Waals surface area contributed by atoms with Gasteiger partial charge < -0.3 is 4.74 Å². The minimum absolute atomic E-state index is 0.000600. The fourth-order valence-electron chi connectivity index (χ4n) is 1.43. The number of benzene rings is 1. The van der Waals surface area contributed by atoms with Crippen LogP contribution in [0.5, 0.6) is 5.06 Å². The second kappa shape index (κ2) is 4.94. The van der Waals surface area contributed by atoms with Gasteiger partial charge in [0.15, 0.2) is 11.3 Å². The highest BCUT2D eigenvalue weighted by Gasteiger charge is 2.08. The van der Waals surface area contributed by atoms with Crippen LogP contribution in [0.2, 0.25) is 0 Å². The number of hydrogen-bond donors (Lipinski definition) is 0. The molecule has 2 rings (SSSR count). The summed E-state index contributed by atoms with van der Waals surface area (Å²) in [7, 11) is 0. The number of thiophene rings is 1. The largest absolute Gasteiger partial charge is 0.476 e. The Morgan fingerprint density at radius 3 is 2.56 bits per heavy atom. The third kappa shape index (κ3) is 2.49. The molecule has 1 heterocycles. The molecule has 1 aromatic carbocycles. The van der Waals surface area contributed by atoms with Crippen molar-refractivity contribution >= 4 is 17.6 Å². The lowest BCUT2D eigenvalue weighted by Gasteiger charge is -2.12. The van der Waals surface area contributed by atoms with Gasteiger partial charge in [0.2, 0.25) is 0 Å². The molecule has 2 nitrogen and oxygen atoms in total. The van der Waals surface area contributed by atoms with Gasteiger partial charge in [0.1, 0.15) is 6.10 Å². The number of aldehydes is 1. The molecule has 16 heavy (non-hydrogen) atoms. The molecule has 1 atom stereocenters. The van der Waals surface area contributed by atoms with Gasteiger partial charge in [-0.1, -0.05) is 41.7 Å². The highest BCUT2D eigenvalue weighted by molar-refractivity contribution is 7.15. The van der Waals surface area contributed by atoms with Crippen LogP contribution in [0.25, 0.3) is 0 Å². The van der Waals surface area contributed by atoms with E-state index in [1.165, 1.54) is 11.3 Å². The van der Waals surface area contributed by atoms with E-state index < -0.39 is 0 Å². The summed E-state index contributed by atoms with van der Waals surface area (Å²) in [5, 5.41) is 0.776. The molecule has 0 N–H and O–H groups in total. The average Bonchev–Trinajstić information content (AvgIpc) is 2.78. The predicted octanol–water partition coefficient (Wildman–Crippen LogP) is 3.70. The normalized spacial score (nSPS) is 12.1. The van der Waals surface area contributed by atoms with E-state index in [1.807, 2.05) is 43.3 Å². The summed E-state index contributed by atoms with van der Waals surface area (Å²) in [6.07, 6.45) is 0.837. The lowest BCUT2D eigenvalue weighted by Crippen LogP contribution is -2.01. The maximum absolute atomic E-state index is 10.5. The molecular formula is C13H12O2S. The highest BCUT2D eigenvalue weighted by atomic mass is 32.1. The van der Waals surface area contributed by atoms with Crippen molar-refractivity contribution in [3.8, 4) is 5.06 Å². The molecule has 0 spiro atoms. The monoisotopic (exact) mass is 232 g/mol. The zero-order valence-corrected chi connectivity index (χ0v) is 9.74. The third-order valence-electron chi connectivity index (χ3n) is 2.28. The van der Waals surface area contributed by atoms with E-state index in [2.05, 4.69) is 0 Å². The van der Waals surface area contributed by atoms with E-state index >= 15 is 0 Å². The van der Waals surface area contributed by atoms with Gasteiger partial charge in [-0.05, 0) is 24.6 Å². The van der Waals surface area contributed by atoms with Crippen LogP contribution in [0.3, 0.4) is 0 Å². The van der Waals surface area contributed by atoms with Gasteiger partial charge in [-0.15, -0.1) is 0 Å². The van der Waals surface area contributed by atoms with Crippen molar-refractivity contribution in [1.82, 2.24) is 0 Å². The Morgan fingerprint density at radius 2 is 1.94 bits per heavy atom. The molecule has 0 bridgehead atoms. The minimum atomic E-state index is -0.000600. The second-order valence-corrected chi connectivity index (χ2v) is 4.52. The second-order valence-electron chi connectivity index (χ2n) is 3.45. The SMILES string of the molecule is CC(Oc1ccc(C=O)s1)c1ccccc1. The summed E-state index contributed by atoms with van der Waals surface area (Å²) in [4.78, 5) is 11.2. The van der Waals surface area contributed by atoms with Crippen molar-refractivity contribution in [1.29, 1.82) is 0 Å². The molecule has 0 saturated carbocycles. The van der Waals surface area contributed by atoms with Crippen molar-refractivity contribution < 1.29 is 9.53 Å². The molecule has 1 unspecified atom stereocenters. The van der Waals surface area contributed by atoms with E-state index in [9.17, 15) is 4.79 Å². The fraction of sp³-hybridized carbons (Fsp3) is 0.154. The molecule has 0 aliphatic carbocycles. The van der Waals surface area contributed by atoms with Crippen molar-refractivity contribution in [3.63, 3.8) is 0 Å². The summed E-state index contributed by atoms with van der Waals surface area (Å²) >= 11 is 1.37. The summed E-state index contributed by atoms with van der Waals surface area (Å²) < 4.78 is 5.74. The number of carbonyl (C=O) groups excluding carboxylic acids is 1. The van der Waals surface area contributed by atoms with E-state index in [4.69, 9.17) is 4.74 Å². The van der Waals surface area contributed by atoms with Crippen LogP contribution in [0.15, 0.2) is 42.5 Å². The van der Waals surface area contributed by atoms with Crippen LogP contribution in [-0.2, 0) is 0 Å². The first-order valence-electron chi connectivity index (χ1n) is 5.06. The number of hydrogen-bond acceptors (Lipinski definition) is 3. The number of rotatable bonds is 4. The van der Waals surface area contributed by atoms with E-state index in [-0.39, 0.29) is 6.10 Å². The van der Waals surface area contributed by atoms with Gasteiger partial charge in [-0.3, -0.25) is 4.79 Å². The summed E-state index contributed by atoms with van der Waals surface area (Å²) in [6.45, 7) is 2.00. The first kappa shape index (κ1) is 10.9. The Bertz CT molecular complexity index is 462. The van der Waals surface area contributed by atoms with Gasteiger partial charge in [0, 0.05) is 0 Å². The van der Waals surface area contributed by atoms with Crippen molar-refractivity contribution in [3.05, 3.63) is 52.9 Å². The Labute approximate surface area is 98.5 Å². The molecule has 82 valence electrons. The molecular weight excluding hydrogens is 220 g/mol. The molecule has 0 saturated heterocycles. The van der Waals surface area contributed by atoms with Gasteiger partial charge in [-0.25, -0.2) is 0 Å². The standard InChI is InChI=1S/C13H12O2S/c1-10(11-5-3-2-4-6-11)15-13-8-7-12(9-14)16-13/h2-10H,1H3. The summed E-state index contributed by atoms with van der Waals surface area (Å²) in [6, 6.07) is 13.6. The molecule has 0 aliphatic rings. The van der Waals surface area contributed by atoms with Gasteiger partial charge in [-0.2, -0.15) is 0 Å². The van der Waals surface area contributed by atoms with Crippen LogP contribution in [-0.4, -0.2) is 6.29 Å². The lowest BCUT2D eigenvalue weighted by atomic mass is 10.1. The van der Waals surface area contributed by atoms with Crippen molar-refractivity contribution in [2.45, 2.75) is 13.0 Å². The maximum Gasteiger partial charge on any atom is 0.175 e. The fourth-order valence-corrected chi connectivity index (χ4v) is 2.17. The zero-order valence-electron chi connectivity index (χ0n) is 8.92. The van der Waals surface area contributed by atoms with Gasteiger partial charge in [0.25, 0.3) is 0 Å². The van der Waals surface area contributed by atoms with Gasteiger partial charge in [0.05, 0.1) is 4.88 Å². The Kier molecular flexibility index (Phi) is 3.37. The van der Waals surface area contributed by atoms with Crippen LogP contribution < -0.4 is 4.74 Å². The van der Waals surface area contributed by atoms with E-state index in [0.29, 0.717) is 4.88 Å². The number of ether oxygens (including phenoxy) is 1. The molecule has 3 heteroatoms. The van der Waals surface area contributed by atoms with Gasteiger partial charge >= 0.3 is 0 Å². The third-order valence-corrected chi connectivity index (χ3v) is 3.18. The van der Waals surface area contributed by atoms with E-state index in [0.717, 1.165) is 16.9 Å². The van der Waals surface area contributed by atoms with Crippen LogP contribution >= 0.6 is 11.3 Å².